The molecule has 0 N–H and O–H groups in total. The molecule has 222 valence electrons. The number of para-hydroxylation sites is 2. The summed E-state index contributed by atoms with van der Waals surface area (Å²) in [5, 5.41) is 2.33. The molecular weight excluding hydrogens is 576 g/mol. The van der Waals surface area contributed by atoms with Crippen LogP contribution in [0.4, 0.5) is 0 Å². The minimum atomic E-state index is 0.736. The molecule has 0 aliphatic heterocycles. The van der Waals surface area contributed by atoms with Crippen molar-refractivity contribution >= 4 is 32.8 Å². The molecule has 0 radical (unpaired) electrons. The minimum absolute atomic E-state index is 0.736. The van der Waals surface area contributed by atoms with Crippen molar-refractivity contribution in [2.24, 2.45) is 0 Å². The van der Waals surface area contributed by atoms with E-state index in [4.69, 9.17) is 9.72 Å². The average molecular weight is 605 g/mol. The van der Waals surface area contributed by atoms with E-state index in [-0.39, 0.29) is 0 Å². The second-order valence-corrected chi connectivity index (χ2v) is 11.5. The fraction of sp³-hybridized carbons (Fsp3) is 0. The van der Waals surface area contributed by atoms with Gasteiger partial charge in [-0.15, -0.1) is 0 Å². The van der Waals surface area contributed by atoms with E-state index in [0.717, 1.165) is 61.8 Å². The molecular formula is C42H28N4O. The first-order valence-corrected chi connectivity index (χ1v) is 15.7. The van der Waals surface area contributed by atoms with E-state index in [1.165, 1.54) is 16.5 Å². The molecule has 5 nitrogen and oxygen atoms in total. The molecule has 9 rings (SSSR count). The van der Waals surface area contributed by atoms with Crippen molar-refractivity contribution in [3.8, 4) is 45.5 Å². The van der Waals surface area contributed by atoms with E-state index in [1.807, 2.05) is 54.7 Å². The lowest BCUT2D eigenvalue weighted by atomic mass is 10.0. The number of nitrogens with zero attached hydrogens (tertiary/aromatic N) is 4. The summed E-state index contributed by atoms with van der Waals surface area (Å²) in [6.07, 6.45) is 1.83. The number of pyridine rings is 1. The van der Waals surface area contributed by atoms with Crippen molar-refractivity contribution in [3.05, 3.63) is 170 Å². The maximum absolute atomic E-state index is 6.58. The zero-order chi connectivity index (χ0) is 31.2. The first kappa shape index (κ1) is 26.9. The van der Waals surface area contributed by atoms with Crippen LogP contribution in [0, 0.1) is 0 Å². The SMILES string of the molecule is c1ccc(-c2ccc(-c3nc4ccc(Oc5ccc6c7ccccc7n(-c7ccccn7)c6c5)cc4n3-c3ccccc3)cc2)cc1. The van der Waals surface area contributed by atoms with E-state index in [1.54, 1.807) is 0 Å². The predicted octanol–water partition coefficient (Wildman–Crippen LogP) is 10.6. The molecule has 9 aromatic rings. The molecule has 0 saturated heterocycles. The Kier molecular flexibility index (Phi) is 6.39. The Balaban J connectivity index is 1.14. The lowest BCUT2D eigenvalue weighted by Gasteiger charge is -2.11. The van der Waals surface area contributed by atoms with E-state index in [9.17, 15) is 0 Å². The van der Waals surface area contributed by atoms with Crippen molar-refractivity contribution < 1.29 is 4.74 Å². The summed E-state index contributed by atoms with van der Waals surface area (Å²) < 4.78 is 11.0. The van der Waals surface area contributed by atoms with Gasteiger partial charge in [0.1, 0.15) is 23.1 Å². The summed E-state index contributed by atoms with van der Waals surface area (Å²) in [4.78, 5) is 9.79. The summed E-state index contributed by atoms with van der Waals surface area (Å²) >= 11 is 0. The molecule has 0 amide bonds. The molecule has 0 aliphatic carbocycles. The third-order valence-electron chi connectivity index (χ3n) is 8.65. The van der Waals surface area contributed by atoms with Crippen LogP contribution in [0.5, 0.6) is 11.5 Å². The predicted molar refractivity (Wildman–Crippen MR) is 191 cm³/mol. The van der Waals surface area contributed by atoms with Gasteiger partial charge < -0.3 is 4.74 Å². The van der Waals surface area contributed by atoms with Gasteiger partial charge in [-0.05, 0) is 65.7 Å². The number of imidazole rings is 1. The molecule has 0 atom stereocenters. The first-order chi connectivity index (χ1) is 23.3. The molecule has 0 fully saturated rings. The number of ether oxygens (including phenoxy) is 1. The first-order valence-electron chi connectivity index (χ1n) is 15.7. The van der Waals surface area contributed by atoms with E-state index in [0.29, 0.717) is 0 Å². The standard InChI is InChI=1S/C42H28N4O/c1-3-11-29(12-4-1)30-18-20-31(21-19-30)42-44-37-25-23-34(28-40(37)45(42)32-13-5-2-6-14-32)47-33-22-24-36-35-15-7-8-16-38(35)46(39(36)27-33)41-17-9-10-26-43-41/h1-28H. The van der Waals surface area contributed by atoms with Crippen molar-refractivity contribution in [2.45, 2.75) is 0 Å². The van der Waals surface area contributed by atoms with Crippen molar-refractivity contribution in [1.29, 1.82) is 0 Å². The third kappa shape index (κ3) is 4.73. The van der Waals surface area contributed by atoms with Gasteiger partial charge >= 0.3 is 0 Å². The van der Waals surface area contributed by atoms with Gasteiger partial charge in [0.2, 0.25) is 0 Å². The van der Waals surface area contributed by atoms with Crippen LogP contribution in [-0.2, 0) is 0 Å². The number of aromatic nitrogens is 4. The number of fused-ring (bicyclic) bond motifs is 4. The van der Waals surface area contributed by atoms with Gasteiger partial charge in [0.05, 0.1) is 22.1 Å². The lowest BCUT2D eigenvalue weighted by molar-refractivity contribution is 0.484. The molecule has 0 saturated carbocycles. The summed E-state index contributed by atoms with van der Waals surface area (Å²) in [5.74, 6) is 3.23. The van der Waals surface area contributed by atoms with Crippen molar-refractivity contribution in [2.75, 3.05) is 0 Å². The molecule has 3 aromatic heterocycles. The van der Waals surface area contributed by atoms with Gasteiger partial charge in [0.25, 0.3) is 0 Å². The van der Waals surface area contributed by atoms with E-state index in [2.05, 4.69) is 129 Å². The topological polar surface area (TPSA) is 44.9 Å². The summed E-state index contributed by atoms with van der Waals surface area (Å²) in [5.41, 5.74) is 8.46. The highest BCUT2D eigenvalue weighted by atomic mass is 16.5. The Morgan fingerprint density at radius 3 is 1.87 bits per heavy atom. The molecule has 3 heterocycles. The Hall–Kier alpha value is -6.46. The van der Waals surface area contributed by atoms with Crippen LogP contribution in [0.15, 0.2) is 170 Å². The fourth-order valence-electron chi connectivity index (χ4n) is 6.48. The Morgan fingerprint density at radius 2 is 1.09 bits per heavy atom. The van der Waals surface area contributed by atoms with Crippen molar-refractivity contribution in [3.63, 3.8) is 0 Å². The summed E-state index contributed by atoms with van der Waals surface area (Å²) in [6, 6.07) is 56.2. The molecule has 5 heteroatoms. The van der Waals surface area contributed by atoms with Crippen LogP contribution in [0.1, 0.15) is 0 Å². The van der Waals surface area contributed by atoms with Crippen LogP contribution in [0.3, 0.4) is 0 Å². The fourth-order valence-corrected chi connectivity index (χ4v) is 6.48. The van der Waals surface area contributed by atoms with Crippen LogP contribution in [0.2, 0.25) is 0 Å². The Morgan fingerprint density at radius 1 is 0.447 bits per heavy atom. The maximum atomic E-state index is 6.58. The summed E-state index contributed by atoms with van der Waals surface area (Å²) in [7, 11) is 0. The van der Waals surface area contributed by atoms with Crippen molar-refractivity contribution in [1.82, 2.24) is 19.1 Å². The number of hydrogen-bond donors (Lipinski definition) is 0. The van der Waals surface area contributed by atoms with E-state index < -0.39 is 0 Å². The third-order valence-corrected chi connectivity index (χ3v) is 8.65. The second kappa shape index (κ2) is 11.2. The second-order valence-electron chi connectivity index (χ2n) is 11.5. The average Bonchev–Trinajstić information content (AvgIpc) is 3.68. The highest BCUT2D eigenvalue weighted by Crippen LogP contribution is 2.37. The van der Waals surface area contributed by atoms with Gasteiger partial charge in [-0.2, -0.15) is 0 Å². The zero-order valence-corrected chi connectivity index (χ0v) is 25.4. The monoisotopic (exact) mass is 604 g/mol. The highest BCUT2D eigenvalue weighted by molar-refractivity contribution is 6.09. The smallest absolute Gasteiger partial charge is 0.145 e. The number of hydrogen-bond acceptors (Lipinski definition) is 3. The Bertz CT molecular complexity index is 2520. The number of benzene rings is 6. The highest BCUT2D eigenvalue weighted by Gasteiger charge is 2.17. The van der Waals surface area contributed by atoms with Gasteiger partial charge in [0.15, 0.2) is 0 Å². The molecule has 6 aromatic carbocycles. The normalized spacial score (nSPS) is 11.4. The van der Waals surface area contributed by atoms with E-state index >= 15 is 0 Å². The molecule has 0 aliphatic rings. The molecule has 47 heavy (non-hydrogen) atoms. The maximum Gasteiger partial charge on any atom is 0.145 e. The van der Waals surface area contributed by atoms with Crippen LogP contribution >= 0.6 is 0 Å². The van der Waals surface area contributed by atoms with Crippen LogP contribution in [0.25, 0.3) is 66.9 Å². The van der Waals surface area contributed by atoms with Gasteiger partial charge in [-0.1, -0.05) is 97.1 Å². The minimum Gasteiger partial charge on any atom is -0.457 e. The molecule has 0 bridgehead atoms. The lowest BCUT2D eigenvalue weighted by Crippen LogP contribution is -1.97. The van der Waals surface area contributed by atoms with Crippen LogP contribution < -0.4 is 4.74 Å². The quantitative estimate of drug-likeness (QED) is 0.190. The molecule has 0 unspecified atom stereocenters. The van der Waals surface area contributed by atoms with Gasteiger partial charge in [0, 0.05) is 40.4 Å². The zero-order valence-electron chi connectivity index (χ0n) is 25.4. The summed E-state index contributed by atoms with van der Waals surface area (Å²) in [6.45, 7) is 0. The van der Waals surface area contributed by atoms with Gasteiger partial charge in [-0.25, -0.2) is 9.97 Å². The van der Waals surface area contributed by atoms with Gasteiger partial charge in [-0.3, -0.25) is 9.13 Å². The largest absolute Gasteiger partial charge is 0.457 e. The Labute approximate surface area is 271 Å². The van der Waals surface area contributed by atoms with Crippen LogP contribution in [-0.4, -0.2) is 19.1 Å². The molecule has 0 spiro atoms. The number of rotatable bonds is 6.